The molecule has 54 valence electrons. The first-order chi connectivity index (χ1) is 4.75. The van der Waals surface area contributed by atoms with Gasteiger partial charge in [0, 0.05) is 13.2 Å². The Kier molecular flexibility index (Phi) is 1.91. The molecular weight excluding hydrogens is 154 g/mol. The van der Waals surface area contributed by atoms with Gasteiger partial charge in [0.25, 0.3) is 0 Å². The van der Waals surface area contributed by atoms with Gasteiger partial charge in [-0.15, -0.1) is 0 Å². The van der Waals surface area contributed by atoms with Gasteiger partial charge >= 0.3 is 0 Å². The predicted octanol–water partition coefficient (Wildman–Crippen LogP) is 0.795. The van der Waals surface area contributed by atoms with Crippen molar-refractivity contribution in [1.29, 1.82) is 0 Å². The average molecular weight is 160 g/mol. The largest absolute Gasteiger partial charge is 0.410 e. The van der Waals surface area contributed by atoms with Crippen molar-refractivity contribution >= 4 is 16.8 Å². The zero-order valence-electron chi connectivity index (χ0n) is 5.32. The van der Waals surface area contributed by atoms with Crippen LogP contribution in [-0.2, 0) is 7.05 Å². The van der Waals surface area contributed by atoms with Gasteiger partial charge < -0.3 is 5.21 Å². The molecular formula is C5H6ClN3O. The molecule has 1 N–H and O–H groups in total. The van der Waals surface area contributed by atoms with Crippen molar-refractivity contribution in [1.82, 2.24) is 9.78 Å². The van der Waals surface area contributed by atoms with Crippen LogP contribution < -0.4 is 0 Å². The summed E-state index contributed by atoms with van der Waals surface area (Å²) in [4.78, 5) is 0. The maximum atomic E-state index is 8.25. The van der Waals surface area contributed by atoms with Gasteiger partial charge in [-0.3, -0.25) is 4.68 Å². The number of nitrogens with zero attached hydrogens (tertiary/aromatic N) is 3. The van der Waals surface area contributed by atoms with Crippen molar-refractivity contribution in [3.05, 3.63) is 18.0 Å². The Morgan fingerprint density at radius 2 is 2.60 bits per heavy atom. The Morgan fingerprint density at radius 3 is 3.00 bits per heavy atom. The molecule has 0 radical (unpaired) electrons. The number of rotatable bonds is 1. The molecule has 0 aliphatic carbocycles. The Morgan fingerprint density at radius 1 is 1.90 bits per heavy atom. The van der Waals surface area contributed by atoms with E-state index < -0.39 is 0 Å². The summed E-state index contributed by atoms with van der Waals surface area (Å²) in [5, 5.41) is 14.9. The van der Waals surface area contributed by atoms with Gasteiger partial charge in [-0.05, 0) is 6.07 Å². The lowest BCUT2D eigenvalue weighted by Gasteiger charge is -1.94. The highest BCUT2D eigenvalue weighted by atomic mass is 35.5. The molecule has 0 bridgehead atoms. The maximum absolute atomic E-state index is 8.25. The van der Waals surface area contributed by atoms with E-state index in [0.29, 0.717) is 5.69 Å². The number of hydrogen-bond acceptors (Lipinski definition) is 3. The Balaban J connectivity index is 3.05. The summed E-state index contributed by atoms with van der Waals surface area (Å²) in [6.45, 7) is 0. The summed E-state index contributed by atoms with van der Waals surface area (Å²) in [6, 6.07) is 1.65. The van der Waals surface area contributed by atoms with E-state index in [4.69, 9.17) is 16.8 Å². The second kappa shape index (κ2) is 2.70. The van der Waals surface area contributed by atoms with Crippen LogP contribution in [-0.4, -0.2) is 20.2 Å². The van der Waals surface area contributed by atoms with E-state index in [-0.39, 0.29) is 5.17 Å². The fourth-order valence-electron chi connectivity index (χ4n) is 0.628. The standard InChI is InChI=1S/C5H6ClN3O/c1-9-4(2-3-7-9)5(6)8-10/h2-3,10H,1H3. The molecule has 0 saturated carbocycles. The van der Waals surface area contributed by atoms with Crippen molar-refractivity contribution < 1.29 is 5.21 Å². The van der Waals surface area contributed by atoms with Crippen molar-refractivity contribution in [2.45, 2.75) is 0 Å². The summed E-state index contributed by atoms with van der Waals surface area (Å²) in [6.07, 6.45) is 1.57. The van der Waals surface area contributed by atoms with Gasteiger partial charge in [0.1, 0.15) is 5.69 Å². The SMILES string of the molecule is Cn1nccc1C(Cl)=NO. The molecule has 0 aliphatic rings. The van der Waals surface area contributed by atoms with Gasteiger partial charge in [0.05, 0.1) is 0 Å². The zero-order valence-corrected chi connectivity index (χ0v) is 6.08. The van der Waals surface area contributed by atoms with Crippen molar-refractivity contribution in [2.24, 2.45) is 12.2 Å². The number of hydrogen-bond donors (Lipinski definition) is 1. The lowest BCUT2D eigenvalue weighted by Crippen LogP contribution is -2.01. The second-order valence-corrected chi connectivity index (χ2v) is 2.09. The van der Waals surface area contributed by atoms with Crippen LogP contribution in [0.5, 0.6) is 0 Å². The van der Waals surface area contributed by atoms with Crippen LogP contribution >= 0.6 is 11.6 Å². The van der Waals surface area contributed by atoms with Crippen molar-refractivity contribution in [3.63, 3.8) is 0 Å². The van der Waals surface area contributed by atoms with E-state index in [2.05, 4.69) is 10.3 Å². The number of aromatic nitrogens is 2. The highest BCUT2D eigenvalue weighted by molar-refractivity contribution is 6.69. The quantitative estimate of drug-likeness (QED) is 0.374. The van der Waals surface area contributed by atoms with E-state index in [9.17, 15) is 0 Å². The fraction of sp³-hybridized carbons (Fsp3) is 0.200. The fourth-order valence-corrected chi connectivity index (χ4v) is 0.813. The lowest BCUT2D eigenvalue weighted by atomic mass is 10.5. The van der Waals surface area contributed by atoms with Gasteiger partial charge in [0.2, 0.25) is 0 Å². The second-order valence-electron chi connectivity index (χ2n) is 1.73. The summed E-state index contributed by atoms with van der Waals surface area (Å²) in [7, 11) is 1.71. The van der Waals surface area contributed by atoms with Gasteiger partial charge in [0.15, 0.2) is 5.17 Å². The molecule has 1 aromatic heterocycles. The molecule has 5 heteroatoms. The van der Waals surface area contributed by atoms with Crippen LogP contribution in [0, 0.1) is 0 Å². The molecule has 0 aliphatic heterocycles. The number of aryl methyl sites for hydroxylation is 1. The molecule has 0 amide bonds. The normalized spacial score (nSPS) is 12.0. The van der Waals surface area contributed by atoms with Crippen LogP contribution in [0.25, 0.3) is 0 Å². The lowest BCUT2D eigenvalue weighted by molar-refractivity contribution is 0.320. The van der Waals surface area contributed by atoms with Crippen molar-refractivity contribution in [2.75, 3.05) is 0 Å². The molecule has 1 aromatic rings. The maximum Gasteiger partial charge on any atom is 0.193 e. The van der Waals surface area contributed by atoms with Gasteiger partial charge in [-0.25, -0.2) is 0 Å². The Hall–Kier alpha value is -1.03. The summed E-state index contributed by atoms with van der Waals surface area (Å²) in [5.41, 5.74) is 0.587. The van der Waals surface area contributed by atoms with Crippen LogP contribution in [0.4, 0.5) is 0 Å². The molecule has 0 aromatic carbocycles. The first kappa shape index (κ1) is 7.08. The predicted molar refractivity (Wildman–Crippen MR) is 37.4 cm³/mol. The van der Waals surface area contributed by atoms with Crippen LogP contribution in [0.15, 0.2) is 17.4 Å². The van der Waals surface area contributed by atoms with E-state index in [1.54, 1.807) is 19.3 Å². The van der Waals surface area contributed by atoms with Crippen LogP contribution in [0.2, 0.25) is 0 Å². The molecule has 0 saturated heterocycles. The molecule has 10 heavy (non-hydrogen) atoms. The summed E-state index contributed by atoms with van der Waals surface area (Å²) >= 11 is 5.48. The minimum atomic E-state index is 0.0417. The van der Waals surface area contributed by atoms with Gasteiger partial charge in [-0.1, -0.05) is 16.8 Å². The topological polar surface area (TPSA) is 50.4 Å². The molecule has 0 unspecified atom stereocenters. The van der Waals surface area contributed by atoms with E-state index >= 15 is 0 Å². The van der Waals surface area contributed by atoms with Crippen LogP contribution in [0.1, 0.15) is 5.69 Å². The first-order valence-electron chi connectivity index (χ1n) is 2.61. The highest BCUT2D eigenvalue weighted by Gasteiger charge is 2.03. The molecule has 4 nitrogen and oxygen atoms in total. The molecule has 0 atom stereocenters. The number of halogens is 1. The van der Waals surface area contributed by atoms with Gasteiger partial charge in [-0.2, -0.15) is 5.10 Å². The monoisotopic (exact) mass is 159 g/mol. The van der Waals surface area contributed by atoms with Crippen molar-refractivity contribution in [3.8, 4) is 0 Å². The molecule has 1 heterocycles. The minimum Gasteiger partial charge on any atom is -0.410 e. The van der Waals surface area contributed by atoms with E-state index in [1.165, 1.54) is 4.68 Å². The average Bonchev–Trinajstić information content (AvgIpc) is 2.34. The smallest absolute Gasteiger partial charge is 0.193 e. The number of oxime groups is 1. The first-order valence-corrected chi connectivity index (χ1v) is 2.99. The summed E-state index contributed by atoms with van der Waals surface area (Å²) in [5.74, 6) is 0. The van der Waals surface area contributed by atoms with Crippen LogP contribution in [0.3, 0.4) is 0 Å². The summed E-state index contributed by atoms with van der Waals surface area (Å²) < 4.78 is 1.52. The Bertz CT molecular complexity index is 255. The zero-order chi connectivity index (χ0) is 7.56. The van der Waals surface area contributed by atoms with E-state index in [0.717, 1.165) is 0 Å². The molecule has 0 spiro atoms. The third kappa shape index (κ3) is 1.11. The third-order valence-electron chi connectivity index (χ3n) is 1.12. The molecule has 0 fully saturated rings. The Labute approximate surface area is 62.7 Å². The van der Waals surface area contributed by atoms with E-state index in [1.807, 2.05) is 0 Å². The highest BCUT2D eigenvalue weighted by Crippen LogP contribution is 2.01. The minimum absolute atomic E-state index is 0.0417. The molecule has 1 rings (SSSR count). The third-order valence-corrected chi connectivity index (χ3v) is 1.39.